The number of phenols is 1. The fraction of sp³-hybridized carbons (Fsp3) is 0.176. The maximum atomic E-state index is 12.1. The maximum Gasteiger partial charge on any atom is 0.314 e. The predicted octanol–water partition coefficient (Wildman–Crippen LogP) is 2.95. The van der Waals surface area contributed by atoms with Crippen LogP contribution < -0.4 is 20.1 Å². The number of carbonyl (C=O) groups is 2. The summed E-state index contributed by atoms with van der Waals surface area (Å²) in [5.41, 5.74) is 1.17. The normalized spacial score (nSPS) is 10.1. The van der Waals surface area contributed by atoms with Gasteiger partial charge < -0.3 is 25.2 Å². The SMILES string of the molecule is COc1cc(NC(=O)C(=O)Nc2ccc(C)cc2O)c(OC)cc1Cl. The van der Waals surface area contributed by atoms with Gasteiger partial charge >= 0.3 is 11.8 Å². The first-order chi connectivity index (χ1) is 11.8. The third-order valence-electron chi connectivity index (χ3n) is 3.33. The highest BCUT2D eigenvalue weighted by molar-refractivity contribution is 6.44. The summed E-state index contributed by atoms with van der Waals surface area (Å²) in [7, 11) is 2.82. The molecule has 2 amide bonds. The fourth-order valence-corrected chi connectivity index (χ4v) is 2.29. The highest BCUT2D eigenvalue weighted by Gasteiger charge is 2.19. The third kappa shape index (κ3) is 4.33. The number of halogens is 1. The predicted molar refractivity (Wildman–Crippen MR) is 94.7 cm³/mol. The number of amides is 2. The van der Waals surface area contributed by atoms with Crippen molar-refractivity contribution in [2.75, 3.05) is 24.9 Å². The molecule has 0 aliphatic heterocycles. The van der Waals surface area contributed by atoms with Gasteiger partial charge in [0.05, 0.1) is 30.6 Å². The van der Waals surface area contributed by atoms with E-state index >= 15 is 0 Å². The van der Waals surface area contributed by atoms with Crippen LogP contribution in [0.25, 0.3) is 0 Å². The molecule has 0 aliphatic rings. The zero-order valence-electron chi connectivity index (χ0n) is 13.8. The summed E-state index contributed by atoms with van der Waals surface area (Å²) in [5.74, 6) is -1.44. The molecule has 3 N–H and O–H groups in total. The van der Waals surface area contributed by atoms with Crippen LogP contribution in [-0.4, -0.2) is 31.1 Å². The highest BCUT2D eigenvalue weighted by atomic mass is 35.5. The monoisotopic (exact) mass is 364 g/mol. The van der Waals surface area contributed by atoms with E-state index in [-0.39, 0.29) is 22.9 Å². The molecule has 25 heavy (non-hydrogen) atoms. The van der Waals surface area contributed by atoms with Gasteiger partial charge in [-0.25, -0.2) is 0 Å². The largest absolute Gasteiger partial charge is 0.506 e. The molecule has 0 atom stereocenters. The van der Waals surface area contributed by atoms with Gasteiger partial charge in [-0.2, -0.15) is 0 Å². The summed E-state index contributed by atoms with van der Waals surface area (Å²) in [4.78, 5) is 24.2. The summed E-state index contributed by atoms with van der Waals surface area (Å²) in [6.45, 7) is 1.79. The number of phenolic OH excluding ortho intramolecular Hbond substituents is 1. The minimum absolute atomic E-state index is 0.131. The second-order valence-corrected chi connectivity index (χ2v) is 5.52. The van der Waals surface area contributed by atoms with Gasteiger partial charge in [0, 0.05) is 12.1 Å². The molecule has 7 nitrogen and oxygen atoms in total. The Bertz CT molecular complexity index is 823. The number of ether oxygens (including phenoxy) is 2. The fourth-order valence-electron chi connectivity index (χ4n) is 2.06. The van der Waals surface area contributed by atoms with Gasteiger partial charge in [-0.05, 0) is 24.6 Å². The van der Waals surface area contributed by atoms with Crippen LogP contribution in [-0.2, 0) is 9.59 Å². The molecule has 0 aliphatic carbocycles. The van der Waals surface area contributed by atoms with E-state index in [0.717, 1.165) is 5.56 Å². The molecule has 0 heterocycles. The smallest absolute Gasteiger partial charge is 0.314 e. The van der Waals surface area contributed by atoms with E-state index in [0.29, 0.717) is 10.8 Å². The number of aromatic hydroxyl groups is 1. The molecule has 2 rings (SSSR count). The topological polar surface area (TPSA) is 96.9 Å². The van der Waals surface area contributed by atoms with Gasteiger partial charge in [-0.1, -0.05) is 17.7 Å². The molecule has 0 aromatic heterocycles. The van der Waals surface area contributed by atoms with Crippen LogP contribution in [0.5, 0.6) is 17.2 Å². The van der Waals surface area contributed by atoms with Gasteiger partial charge in [0.25, 0.3) is 0 Å². The lowest BCUT2D eigenvalue weighted by Crippen LogP contribution is -2.29. The molecule has 132 valence electrons. The zero-order chi connectivity index (χ0) is 18.6. The van der Waals surface area contributed by atoms with Crippen LogP contribution in [0.1, 0.15) is 5.56 Å². The molecule has 0 saturated carbocycles. The Morgan fingerprint density at radius 2 is 1.56 bits per heavy atom. The van der Waals surface area contributed by atoms with Crippen LogP contribution >= 0.6 is 11.6 Å². The van der Waals surface area contributed by atoms with Crippen molar-refractivity contribution in [3.63, 3.8) is 0 Å². The molecule has 0 fully saturated rings. The van der Waals surface area contributed by atoms with E-state index in [2.05, 4.69) is 10.6 Å². The van der Waals surface area contributed by atoms with E-state index in [4.69, 9.17) is 21.1 Å². The molecular formula is C17H17ClN2O5. The number of rotatable bonds is 4. The average Bonchev–Trinajstić information content (AvgIpc) is 2.58. The number of anilines is 2. The van der Waals surface area contributed by atoms with Crippen LogP contribution in [0.3, 0.4) is 0 Å². The number of hydrogen-bond acceptors (Lipinski definition) is 5. The number of aryl methyl sites for hydroxylation is 1. The minimum atomic E-state index is -0.949. The minimum Gasteiger partial charge on any atom is -0.506 e. The standard InChI is InChI=1S/C17H17ClN2O5/c1-9-4-5-11(13(21)6-9)19-16(22)17(23)20-12-8-14(24-2)10(18)7-15(12)25-3/h4-8,21H,1-3H3,(H,19,22)(H,20,23). The zero-order valence-corrected chi connectivity index (χ0v) is 14.6. The van der Waals surface area contributed by atoms with Crippen LogP contribution in [0.4, 0.5) is 11.4 Å². The quantitative estimate of drug-likeness (QED) is 0.572. The van der Waals surface area contributed by atoms with Crippen LogP contribution in [0.15, 0.2) is 30.3 Å². The molecule has 0 saturated heterocycles. The van der Waals surface area contributed by atoms with Crippen LogP contribution in [0, 0.1) is 6.92 Å². The van der Waals surface area contributed by atoms with E-state index in [1.165, 1.54) is 38.5 Å². The second-order valence-electron chi connectivity index (χ2n) is 5.12. The van der Waals surface area contributed by atoms with Gasteiger partial charge in [0.1, 0.15) is 17.2 Å². The van der Waals surface area contributed by atoms with Gasteiger partial charge in [-0.15, -0.1) is 0 Å². The first kappa shape index (κ1) is 18.4. The van der Waals surface area contributed by atoms with Gasteiger partial charge in [-0.3, -0.25) is 9.59 Å². The number of hydrogen-bond donors (Lipinski definition) is 3. The Kier molecular flexibility index (Phi) is 5.71. The average molecular weight is 365 g/mol. The van der Waals surface area contributed by atoms with Crippen molar-refractivity contribution in [3.05, 3.63) is 40.9 Å². The Morgan fingerprint density at radius 1 is 0.960 bits per heavy atom. The number of carbonyl (C=O) groups excluding carboxylic acids is 2. The molecule has 0 radical (unpaired) electrons. The summed E-state index contributed by atoms with van der Waals surface area (Å²) >= 11 is 5.99. The lowest BCUT2D eigenvalue weighted by molar-refractivity contribution is -0.133. The molecule has 2 aromatic rings. The summed E-state index contributed by atoms with van der Waals surface area (Å²) in [6.07, 6.45) is 0. The van der Waals surface area contributed by atoms with Crippen molar-refractivity contribution >= 4 is 34.8 Å². The first-order valence-corrected chi connectivity index (χ1v) is 7.57. The molecule has 0 bridgehead atoms. The molecule has 0 spiro atoms. The second kappa shape index (κ2) is 7.76. The third-order valence-corrected chi connectivity index (χ3v) is 3.63. The van der Waals surface area contributed by atoms with Crippen molar-refractivity contribution in [1.29, 1.82) is 0 Å². The Labute approximate surface area is 149 Å². The van der Waals surface area contributed by atoms with E-state index in [1.807, 2.05) is 0 Å². The maximum absolute atomic E-state index is 12.1. The van der Waals surface area contributed by atoms with Crippen molar-refractivity contribution in [3.8, 4) is 17.2 Å². The molecule has 0 unspecified atom stereocenters. The van der Waals surface area contributed by atoms with Crippen molar-refractivity contribution < 1.29 is 24.2 Å². The van der Waals surface area contributed by atoms with Crippen molar-refractivity contribution in [2.45, 2.75) is 6.92 Å². The van der Waals surface area contributed by atoms with Crippen molar-refractivity contribution in [1.82, 2.24) is 0 Å². The van der Waals surface area contributed by atoms with Crippen molar-refractivity contribution in [2.24, 2.45) is 0 Å². The summed E-state index contributed by atoms with van der Waals surface area (Å²) < 4.78 is 10.2. The van der Waals surface area contributed by atoms with E-state index < -0.39 is 11.8 Å². The van der Waals surface area contributed by atoms with Crippen LogP contribution in [0.2, 0.25) is 5.02 Å². The lowest BCUT2D eigenvalue weighted by atomic mass is 10.2. The number of benzene rings is 2. The molecule has 2 aromatic carbocycles. The van der Waals surface area contributed by atoms with E-state index in [9.17, 15) is 14.7 Å². The Hall–Kier alpha value is -2.93. The Balaban J connectivity index is 2.17. The molecular weight excluding hydrogens is 348 g/mol. The highest BCUT2D eigenvalue weighted by Crippen LogP contribution is 2.35. The van der Waals surface area contributed by atoms with Gasteiger partial charge in [0.15, 0.2) is 0 Å². The number of methoxy groups -OCH3 is 2. The first-order valence-electron chi connectivity index (χ1n) is 7.19. The Morgan fingerprint density at radius 3 is 2.12 bits per heavy atom. The van der Waals surface area contributed by atoms with E-state index in [1.54, 1.807) is 13.0 Å². The molecule has 8 heteroatoms. The lowest BCUT2D eigenvalue weighted by Gasteiger charge is -2.13. The summed E-state index contributed by atoms with van der Waals surface area (Å²) in [6, 6.07) is 7.57. The summed E-state index contributed by atoms with van der Waals surface area (Å²) in [5, 5.41) is 14.8. The number of nitrogens with one attached hydrogen (secondary N) is 2. The van der Waals surface area contributed by atoms with Gasteiger partial charge in [0.2, 0.25) is 0 Å².